The summed E-state index contributed by atoms with van der Waals surface area (Å²) in [6, 6.07) is 0. The van der Waals surface area contributed by atoms with Crippen molar-refractivity contribution in [1.82, 2.24) is 0 Å². The Labute approximate surface area is 232 Å². The van der Waals surface area contributed by atoms with E-state index in [0.29, 0.717) is 23.9 Å². The van der Waals surface area contributed by atoms with Gasteiger partial charge in [-0.15, -0.1) is 0 Å². The van der Waals surface area contributed by atoms with Crippen LogP contribution in [-0.4, -0.2) is 55.3 Å². The molecule has 0 bridgehead atoms. The number of ether oxygens (including phenoxy) is 1. The number of hydrogen-bond acceptors (Lipinski definition) is 3. The fourth-order valence-electron chi connectivity index (χ4n) is 3.47. The van der Waals surface area contributed by atoms with Crippen molar-refractivity contribution in [3.8, 4) is 0 Å². The van der Waals surface area contributed by atoms with Crippen molar-refractivity contribution in [2.24, 2.45) is 0 Å². The van der Waals surface area contributed by atoms with Crippen molar-refractivity contribution in [2.45, 2.75) is 83.7 Å². The molecule has 5 heteroatoms. The summed E-state index contributed by atoms with van der Waals surface area (Å²) in [4.78, 5) is 23.1. The average molecular weight is 527 g/mol. The topological polar surface area (TPSA) is 63.6 Å². The van der Waals surface area contributed by atoms with E-state index in [4.69, 9.17) is 9.84 Å². The molecule has 0 aromatic rings. The molecular formula is C33H52NO4+. The van der Waals surface area contributed by atoms with E-state index >= 15 is 0 Å². The SMILES string of the molecule is CC/C=C/C/C=C/C/C=C/C/C=C\C/C=C\C/C=C/C/C=C/CCCC(=O)OC(CC(=O)O)C[N+](C)(C)C. The summed E-state index contributed by atoms with van der Waals surface area (Å²) in [5, 5.41) is 9.04. The van der Waals surface area contributed by atoms with Crippen LogP contribution in [-0.2, 0) is 14.3 Å². The number of rotatable bonds is 22. The van der Waals surface area contributed by atoms with Crippen molar-refractivity contribution in [3.63, 3.8) is 0 Å². The first-order valence-corrected chi connectivity index (χ1v) is 14.0. The first-order chi connectivity index (χ1) is 18.2. The van der Waals surface area contributed by atoms with Crippen LogP contribution in [0.2, 0.25) is 0 Å². The lowest BCUT2D eigenvalue weighted by Gasteiger charge is -2.28. The van der Waals surface area contributed by atoms with E-state index in [-0.39, 0.29) is 12.4 Å². The van der Waals surface area contributed by atoms with E-state index in [1.807, 2.05) is 21.1 Å². The van der Waals surface area contributed by atoms with Crippen LogP contribution < -0.4 is 0 Å². The molecule has 0 saturated carbocycles. The zero-order chi connectivity index (χ0) is 28.3. The maximum Gasteiger partial charge on any atom is 0.307 e. The van der Waals surface area contributed by atoms with Crippen molar-refractivity contribution >= 4 is 11.9 Å². The smallest absolute Gasteiger partial charge is 0.307 e. The van der Waals surface area contributed by atoms with Crippen LogP contribution in [0.4, 0.5) is 0 Å². The zero-order valence-corrected chi connectivity index (χ0v) is 24.3. The van der Waals surface area contributed by atoms with Crippen molar-refractivity contribution in [3.05, 3.63) is 85.1 Å². The van der Waals surface area contributed by atoms with E-state index < -0.39 is 12.1 Å². The van der Waals surface area contributed by atoms with E-state index in [9.17, 15) is 9.59 Å². The van der Waals surface area contributed by atoms with Gasteiger partial charge in [0.25, 0.3) is 0 Å². The van der Waals surface area contributed by atoms with Crippen molar-refractivity contribution in [2.75, 3.05) is 27.7 Å². The Morgan fingerprint density at radius 3 is 1.45 bits per heavy atom. The number of likely N-dealkylation sites (N-methyl/N-ethyl adjacent to an activating group) is 1. The third-order valence-electron chi connectivity index (χ3n) is 5.24. The molecule has 1 atom stereocenters. The van der Waals surface area contributed by atoms with Gasteiger partial charge in [0, 0.05) is 6.42 Å². The molecule has 0 amide bonds. The first-order valence-electron chi connectivity index (χ1n) is 14.0. The number of nitrogens with zero attached hydrogens (tertiary/aromatic N) is 1. The number of carbonyl (C=O) groups is 2. The van der Waals surface area contributed by atoms with Gasteiger partial charge in [0.1, 0.15) is 6.54 Å². The molecule has 0 fully saturated rings. The van der Waals surface area contributed by atoms with Gasteiger partial charge in [-0.25, -0.2) is 0 Å². The van der Waals surface area contributed by atoms with E-state index in [1.165, 1.54) is 0 Å². The van der Waals surface area contributed by atoms with Gasteiger partial charge in [0.05, 0.1) is 27.6 Å². The molecule has 1 N–H and O–H groups in total. The number of carboxylic acids is 1. The van der Waals surface area contributed by atoms with Crippen LogP contribution in [0.15, 0.2) is 85.1 Å². The number of allylic oxidation sites excluding steroid dienone is 14. The van der Waals surface area contributed by atoms with Gasteiger partial charge in [-0.3, -0.25) is 9.59 Å². The average Bonchev–Trinajstić information content (AvgIpc) is 2.83. The number of hydrogen-bond donors (Lipinski definition) is 1. The second-order valence-electron chi connectivity index (χ2n) is 10.2. The fourth-order valence-corrected chi connectivity index (χ4v) is 3.47. The van der Waals surface area contributed by atoms with E-state index in [1.54, 1.807) is 0 Å². The second kappa shape index (κ2) is 24.4. The first kappa shape index (κ1) is 35.1. The van der Waals surface area contributed by atoms with Crippen LogP contribution in [0, 0.1) is 0 Å². The monoisotopic (exact) mass is 526 g/mol. The van der Waals surface area contributed by atoms with Crippen LogP contribution in [0.5, 0.6) is 0 Å². The summed E-state index contributed by atoms with van der Waals surface area (Å²) < 4.78 is 5.94. The number of carbonyl (C=O) groups excluding carboxylic acids is 1. The molecule has 1 unspecified atom stereocenters. The molecule has 0 aliphatic rings. The predicted octanol–water partition coefficient (Wildman–Crippen LogP) is 7.89. The molecule has 0 aromatic carbocycles. The summed E-state index contributed by atoms with van der Waals surface area (Å²) in [6.45, 7) is 2.63. The summed E-state index contributed by atoms with van der Waals surface area (Å²) in [6.07, 6.45) is 38.4. The number of esters is 1. The van der Waals surface area contributed by atoms with Gasteiger partial charge >= 0.3 is 11.9 Å². The highest BCUT2D eigenvalue weighted by molar-refractivity contribution is 5.71. The van der Waals surface area contributed by atoms with E-state index in [0.717, 1.165) is 51.4 Å². The molecule has 212 valence electrons. The Hall–Kier alpha value is -2.92. The van der Waals surface area contributed by atoms with E-state index in [2.05, 4.69) is 92.0 Å². The highest BCUT2D eigenvalue weighted by atomic mass is 16.5. The molecule has 0 aromatic heterocycles. The van der Waals surface area contributed by atoms with Gasteiger partial charge in [-0.2, -0.15) is 0 Å². The lowest BCUT2D eigenvalue weighted by molar-refractivity contribution is -0.873. The second-order valence-corrected chi connectivity index (χ2v) is 10.2. The predicted molar refractivity (Wildman–Crippen MR) is 161 cm³/mol. The van der Waals surface area contributed by atoms with Crippen molar-refractivity contribution in [1.29, 1.82) is 0 Å². The molecule has 38 heavy (non-hydrogen) atoms. The Balaban J connectivity index is 3.83. The Morgan fingerprint density at radius 1 is 0.684 bits per heavy atom. The van der Waals surface area contributed by atoms with Crippen molar-refractivity contribution < 1.29 is 23.9 Å². The molecule has 0 saturated heterocycles. The number of carboxylic acid groups (broad SMARTS) is 1. The lowest BCUT2D eigenvalue weighted by Crippen LogP contribution is -2.43. The molecule has 5 nitrogen and oxygen atoms in total. The summed E-state index contributed by atoms with van der Waals surface area (Å²) in [7, 11) is 5.85. The molecule has 0 radical (unpaired) electrons. The van der Waals surface area contributed by atoms with Gasteiger partial charge in [0.15, 0.2) is 6.10 Å². The van der Waals surface area contributed by atoms with Crippen LogP contribution >= 0.6 is 0 Å². The quantitative estimate of drug-likeness (QED) is 0.0674. The molecule has 0 aliphatic carbocycles. The third kappa shape index (κ3) is 27.7. The largest absolute Gasteiger partial charge is 0.481 e. The van der Waals surface area contributed by atoms with Gasteiger partial charge in [-0.05, 0) is 57.8 Å². The minimum Gasteiger partial charge on any atom is -0.481 e. The summed E-state index contributed by atoms with van der Waals surface area (Å²) >= 11 is 0. The molecule has 0 aliphatic heterocycles. The molecule has 0 heterocycles. The van der Waals surface area contributed by atoms with Gasteiger partial charge < -0.3 is 14.3 Å². The highest BCUT2D eigenvalue weighted by Crippen LogP contribution is 2.08. The van der Waals surface area contributed by atoms with Crippen LogP contribution in [0.1, 0.15) is 77.6 Å². The molecular weight excluding hydrogens is 474 g/mol. The third-order valence-corrected chi connectivity index (χ3v) is 5.24. The zero-order valence-electron chi connectivity index (χ0n) is 24.3. The van der Waals surface area contributed by atoms with Crippen LogP contribution in [0.3, 0.4) is 0 Å². The Morgan fingerprint density at radius 2 is 1.08 bits per heavy atom. The lowest BCUT2D eigenvalue weighted by atomic mass is 10.2. The number of unbranched alkanes of at least 4 members (excludes halogenated alkanes) is 1. The summed E-state index contributed by atoms with van der Waals surface area (Å²) in [5.41, 5.74) is 0. The molecule has 0 spiro atoms. The van der Waals surface area contributed by atoms with Gasteiger partial charge in [-0.1, -0.05) is 92.0 Å². The summed E-state index contributed by atoms with van der Waals surface area (Å²) in [5.74, 6) is -1.27. The molecule has 0 rings (SSSR count). The van der Waals surface area contributed by atoms with Gasteiger partial charge in [0.2, 0.25) is 0 Å². The normalized spacial score (nSPS) is 14.0. The number of quaternary nitrogens is 1. The van der Waals surface area contributed by atoms with Crippen LogP contribution in [0.25, 0.3) is 0 Å². The highest BCUT2D eigenvalue weighted by Gasteiger charge is 2.24. The maximum atomic E-state index is 12.1. The Kier molecular flexibility index (Phi) is 22.5. The number of aliphatic carboxylic acids is 1. The fraction of sp³-hybridized carbons (Fsp3) is 0.515. The maximum absolute atomic E-state index is 12.1. The minimum atomic E-state index is -0.950. The standard InChI is InChI=1S/C33H51NO4/c1-5-6-7-8-9-10-11-12-13-14-15-16-17-18-19-20-21-22-23-24-25-26-27-28-33(37)38-31(29-32(35)36)30-34(2,3)4/h6-7,9-10,12-13,15-16,18-19,21-22,24-25,31H,5,8,11,14,17,20,23,26-30H2,1-4H3/p+1/b7-6+,10-9+,13-12+,16-15-,19-18-,22-21+,25-24+. The Bertz CT molecular complexity index is 822. The minimum absolute atomic E-state index is 0.160.